The average molecular weight is 461 g/mol. The van der Waals surface area contributed by atoms with E-state index in [0.29, 0.717) is 22.3 Å². The summed E-state index contributed by atoms with van der Waals surface area (Å²) in [6.07, 6.45) is 2.99. The van der Waals surface area contributed by atoms with E-state index in [9.17, 15) is 17.9 Å². The molecule has 0 spiro atoms. The first-order valence-electron chi connectivity index (χ1n) is 9.30. The molecule has 2 aromatic carbocycles. The molecule has 2 aromatic heterocycles. The van der Waals surface area contributed by atoms with Gasteiger partial charge in [0.05, 0.1) is 28.5 Å². The Morgan fingerprint density at radius 3 is 2.61 bits per heavy atom. The first-order valence-corrected chi connectivity index (χ1v) is 11.3. The second kappa shape index (κ2) is 8.26. The minimum absolute atomic E-state index is 0.0578. The summed E-state index contributed by atoms with van der Waals surface area (Å²) in [4.78, 5) is 4.28. The number of aliphatic hydroxyl groups excluding tert-OH is 1. The largest absolute Gasteiger partial charge is 0.391 e. The highest BCUT2D eigenvalue weighted by Crippen LogP contribution is 2.30. The van der Waals surface area contributed by atoms with E-state index in [-0.39, 0.29) is 40.1 Å². The van der Waals surface area contributed by atoms with Crippen LogP contribution in [0.5, 0.6) is 0 Å². The smallest absolute Gasteiger partial charge is 0.180 e. The normalized spacial score (nSPS) is 11.8. The number of aryl methyl sites for hydroxylation is 1. The number of aliphatic hydroxyl groups is 1. The van der Waals surface area contributed by atoms with Crippen molar-refractivity contribution in [2.24, 2.45) is 0 Å². The van der Waals surface area contributed by atoms with Gasteiger partial charge < -0.3 is 10.8 Å². The number of sulfone groups is 1. The molecule has 0 aliphatic heterocycles. The van der Waals surface area contributed by atoms with Crippen LogP contribution in [0.1, 0.15) is 11.1 Å². The Morgan fingerprint density at radius 2 is 1.90 bits per heavy atom. The highest BCUT2D eigenvalue weighted by molar-refractivity contribution is 7.91. The Hall–Kier alpha value is -3.01. The minimum atomic E-state index is -3.61. The van der Waals surface area contributed by atoms with Crippen LogP contribution in [-0.4, -0.2) is 33.9 Å². The molecule has 0 aliphatic carbocycles. The summed E-state index contributed by atoms with van der Waals surface area (Å²) in [5, 5.41) is 13.6. The molecule has 0 saturated carbocycles. The zero-order chi connectivity index (χ0) is 22.2. The van der Waals surface area contributed by atoms with Crippen molar-refractivity contribution in [2.75, 3.05) is 11.5 Å². The molecule has 0 radical (unpaired) electrons. The van der Waals surface area contributed by atoms with Gasteiger partial charge in [-0.1, -0.05) is 35.9 Å². The van der Waals surface area contributed by atoms with Gasteiger partial charge in [0, 0.05) is 22.9 Å². The van der Waals surface area contributed by atoms with Crippen molar-refractivity contribution in [1.82, 2.24) is 14.6 Å². The molecule has 0 fully saturated rings. The van der Waals surface area contributed by atoms with Crippen molar-refractivity contribution < 1.29 is 17.9 Å². The van der Waals surface area contributed by atoms with Gasteiger partial charge in [-0.3, -0.25) is 0 Å². The lowest BCUT2D eigenvalue weighted by atomic mass is 10.0. The molecule has 0 amide bonds. The van der Waals surface area contributed by atoms with E-state index in [1.54, 1.807) is 18.2 Å². The maximum absolute atomic E-state index is 14.9. The lowest BCUT2D eigenvalue weighted by Gasteiger charge is -2.11. The van der Waals surface area contributed by atoms with Gasteiger partial charge >= 0.3 is 0 Å². The summed E-state index contributed by atoms with van der Waals surface area (Å²) in [6, 6.07) is 10.7. The molecule has 7 nitrogen and oxygen atoms in total. The highest BCUT2D eigenvalue weighted by Gasteiger charge is 2.19. The van der Waals surface area contributed by atoms with Crippen LogP contribution >= 0.6 is 11.6 Å². The summed E-state index contributed by atoms with van der Waals surface area (Å²) in [6.45, 7) is -0.241. The summed E-state index contributed by atoms with van der Waals surface area (Å²) < 4.78 is 41.3. The summed E-state index contributed by atoms with van der Waals surface area (Å²) >= 11 is 5.99. The standard InChI is InChI=1S/C21H18ClFN4O3S/c22-17-3-1-2-4-19(17)31(29,30)8-7-13-5-6-15(18(23)9-13)16-11-25-21-14(12-28)10-26-27(21)20(16)24/h1-6,9-11,28H,7-8,12,24H2. The first-order chi connectivity index (χ1) is 14.8. The Morgan fingerprint density at radius 1 is 1.13 bits per heavy atom. The molecule has 0 bridgehead atoms. The Bertz CT molecular complexity index is 1390. The predicted molar refractivity (Wildman–Crippen MR) is 116 cm³/mol. The number of halogens is 2. The molecule has 4 aromatic rings. The molecule has 160 valence electrons. The number of benzene rings is 2. The first kappa shape index (κ1) is 21.2. The molecule has 4 rings (SSSR count). The van der Waals surface area contributed by atoms with Gasteiger partial charge in [-0.05, 0) is 30.2 Å². The minimum Gasteiger partial charge on any atom is -0.391 e. The quantitative estimate of drug-likeness (QED) is 0.457. The number of nitrogen functional groups attached to an aromatic ring is 1. The lowest BCUT2D eigenvalue weighted by Crippen LogP contribution is -2.10. The fourth-order valence-corrected chi connectivity index (χ4v) is 5.17. The number of anilines is 1. The van der Waals surface area contributed by atoms with Crippen LogP contribution < -0.4 is 5.73 Å². The van der Waals surface area contributed by atoms with Crippen LogP contribution in [0.2, 0.25) is 5.02 Å². The van der Waals surface area contributed by atoms with Gasteiger partial charge in [-0.15, -0.1) is 0 Å². The van der Waals surface area contributed by atoms with Crippen LogP contribution in [0.15, 0.2) is 59.8 Å². The van der Waals surface area contributed by atoms with Gasteiger partial charge in [0.25, 0.3) is 0 Å². The van der Waals surface area contributed by atoms with E-state index in [1.807, 2.05) is 0 Å². The summed E-state index contributed by atoms with van der Waals surface area (Å²) in [5.74, 6) is -0.588. The Balaban J connectivity index is 1.60. The molecule has 10 heteroatoms. The van der Waals surface area contributed by atoms with Crippen LogP contribution in [0, 0.1) is 5.82 Å². The third kappa shape index (κ3) is 3.99. The van der Waals surface area contributed by atoms with E-state index in [4.69, 9.17) is 17.3 Å². The highest BCUT2D eigenvalue weighted by atomic mass is 35.5. The van der Waals surface area contributed by atoms with E-state index >= 15 is 0 Å². The van der Waals surface area contributed by atoms with E-state index in [2.05, 4.69) is 10.1 Å². The van der Waals surface area contributed by atoms with Crippen molar-refractivity contribution in [3.63, 3.8) is 0 Å². The SMILES string of the molecule is Nc1c(-c2ccc(CCS(=O)(=O)c3ccccc3Cl)cc2F)cnc2c(CO)cnn12. The third-order valence-electron chi connectivity index (χ3n) is 4.96. The molecule has 0 saturated heterocycles. The van der Waals surface area contributed by atoms with Crippen LogP contribution in [-0.2, 0) is 22.9 Å². The lowest BCUT2D eigenvalue weighted by molar-refractivity contribution is 0.283. The molecule has 31 heavy (non-hydrogen) atoms. The van der Waals surface area contributed by atoms with Gasteiger partial charge in [0.15, 0.2) is 15.5 Å². The van der Waals surface area contributed by atoms with E-state index < -0.39 is 15.7 Å². The molecule has 0 aliphatic rings. The average Bonchev–Trinajstić information content (AvgIpc) is 3.17. The number of hydrogen-bond acceptors (Lipinski definition) is 6. The second-order valence-electron chi connectivity index (χ2n) is 6.93. The summed E-state index contributed by atoms with van der Waals surface area (Å²) in [5.41, 5.74) is 8.12. The zero-order valence-corrected chi connectivity index (χ0v) is 17.7. The van der Waals surface area contributed by atoms with Gasteiger partial charge in [-0.2, -0.15) is 9.61 Å². The topological polar surface area (TPSA) is 111 Å². The predicted octanol–water partition coefficient (Wildman–Crippen LogP) is 3.28. The van der Waals surface area contributed by atoms with Crippen molar-refractivity contribution in [1.29, 1.82) is 0 Å². The van der Waals surface area contributed by atoms with Crippen molar-refractivity contribution in [3.8, 4) is 11.1 Å². The van der Waals surface area contributed by atoms with Crippen LogP contribution in [0.3, 0.4) is 0 Å². The van der Waals surface area contributed by atoms with Gasteiger partial charge in [-0.25, -0.2) is 17.8 Å². The number of nitrogens with zero attached hydrogens (tertiary/aromatic N) is 3. The fourth-order valence-electron chi connectivity index (χ4n) is 3.31. The summed E-state index contributed by atoms with van der Waals surface area (Å²) in [7, 11) is -3.61. The van der Waals surface area contributed by atoms with Crippen molar-refractivity contribution >= 4 is 32.9 Å². The second-order valence-corrected chi connectivity index (χ2v) is 9.42. The molecule has 2 heterocycles. The van der Waals surface area contributed by atoms with Gasteiger partial charge in [0.2, 0.25) is 0 Å². The molecular weight excluding hydrogens is 443 g/mol. The van der Waals surface area contributed by atoms with Crippen LogP contribution in [0.4, 0.5) is 10.2 Å². The Labute approximate surface area is 182 Å². The van der Waals surface area contributed by atoms with E-state index in [0.717, 1.165) is 0 Å². The zero-order valence-electron chi connectivity index (χ0n) is 16.2. The number of hydrogen-bond donors (Lipinski definition) is 2. The number of fused-ring (bicyclic) bond motifs is 1. The maximum Gasteiger partial charge on any atom is 0.180 e. The van der Waals surface area contributed by atoms with E-state index in [1.165, 1.54) is 41.2 Å². The fraction of sp³-hybridized carbons (Fsp3) is 0.143. The van der Waals surface area contributed by atoms with Crippen molar-refractivity contribution in [3.05, 3.63) is 76.8 Å². The number of aromatic nitrogens is 3. The number of rotatable bonds is 6. The maximum atomic E-state index is 14.9. The van der Waals surface area contributed by atoms with Crippen LogP contribution in [0.25, 0.3) is 16.8 Å². The molecular formula is C21H18ClFN4O3S. The molecule has 0 unspecified atom stereocenters. The monoisotopic (exact) mass is 460 g/mol. The number of nitrogens with two attached hydrogens (primary N) is 1. The third-order valence-corrected chi connectivity index (χ3v) is 7.17. The molecule has 0 atom stereocenters. The Kier molecular flexibility index (Phi) is 5.65. The van der Waals surface area contributed by atoms with Crippen molar-refractivity contribution in [2.45, 2.75) is 17.9 Å². The molecule has 3 N–H and O–H groups in total. The van der Waals surface area contributed by atoms with Gasteiger partial charge in [0.1, 0.15) is 11.6 Å².